The van der Waals surface area contributed by atoms with Crippen LogP contribution < -0.4 is 5.32 Å². The molecule has 0 fully saturated rings. The van der Waals surface area contributed by atoms with Gasteiger partial charge in [-0.1, -0.05) is 38.1 Å². The molecule has 0 saturated carbocycles. The Hall–Kier alpha value is -3.12. The molecule has 1 N–H and O–H groups in total. The molecule has 6 nitrogen and oxygen atoms in total. The lowest BCUT2D eigenvalue weighted by Gasteiger charge is -2.37. The highest BCUT2D eigenvalue weighted by atomic mass is 16.5. The third kappa shape index (κ3) is 3.95. The van der Waals surface area contributed by atoms with Gasteiger partial charge in [-0.25, -0.2) is 9.97 Å². The first kappa shape index (κ1) is 19.8. The SMILES string of the molecule is CC1(C)Cc2nc(-c3ccncc3)ncc2[C@H](NC(=O)[C@H]2OCCc3ccccc32)C1. The van der Waals surface area contributed by atoms with Gasteiger partial charge in [-0.15, -0.1) is 0 Å². The normalized spacial score (nSPS) is 21.6. The van der Waals surface area contributed by atoms with Crippen LogP contribution in [0, 0.1) is 5.41 Å². The molecule has 158 valence electrons. The van der Waals surface area contributed by atoms with Gasteiger partial charge in [0.05, 0.1) is 18.3 Å². The molecule has 1 aliphatic carbocycles. The van der Waals surface area contributed by atoms with Gasteiger partial charge < -0.3 is 10.1 Å². The van der Waals surface area contributed by atoms with Crippen LogP contribution >= 0.6 is 0 Å². The van der Waals surface area contributed by atoms with Gasteiger partial charge in [-0.05, 0) is 47.9 Å². The molecule has 3 aromatic rings. The lowest BCUT2D eigenvalue weighted by Crippen LogP contribution is -2.40. The molecule has 2 aromatic heterocycles. The number of ether oxygens (including phenoxy) is 1. The molecule has 0 unspecified atom stereocenters. The first-order chi connectivity index (χ1) is 15.0. The van der Waals surface area contributed by atoms with E-state index < -0.39 is 6.10 Å². The van der Waals surface area contributed by atoms with Crippen molar-refractivity contribution in [1.29, 1.82) is 0 Å². The molecule has 2 atom stereocenters. The highest BCUT2D eigenvalue weighted by molar-refractivity contribution is 5.83. The summed E-state index contributed by atoms with van der Waals surface area (Å²) in [6, 6.07) is 11.7. The number of carbonyl (C=O) groups excluding carboxylic acids is 1. The molecule has 2 aliphatic rings. The smallest absolute Gasteiger partial charge is 0.254 e. The summed E-state index contributed by atoms with van der Waals surface area (Å²) in [5.74, 6) is 0.590. The maximum atomic E-state index is 13.3. The van der Waals surface area contributed by atoms with Crippen molar-refractivity contribution in [2.75, 3.05) is 6.61 Å². The molecular weight excluding hydrogens is 388 g/mol. The van der Waals surface area contributed by atoms with E-state index in [2.05, 4.69) is 35.2 Å². The molecule has 0 spiro atoms. The number of hydrogen-bond donors (Lipinski definition) is 1. The Labute approximate surface area is 182 Å². The summed E-state index contributed by atoms with van der Waals surface area (Å²) < 4.78 is 5.88. The summed E-state index contributed by atoms with van der Waals surface area (Å²) in [7, 11) is 0. The van der Waals surface area contributed by atoms with Crippen molar-refractivity contribution in [2.24, 2.45) is 5.41 Å². The molecular formula is C25H26N4O2. The second-order valence-corrected chi connectivity index (χ2v) is 9.14. The summed E-state index contributed by atoms with van der Waals surface area (Å²) in [6.07, 6.45) is 7.30. The van der Waals surface area contributed by atoms with Crippen LogP contribution in [-0.4, -0.2) is 27.5 Å². The molecule has 1 aromatic carbocycles. The Morgan fingerprint density at radius 2 is 1.94 bits per heavy atom. The maximum absolute atomic E-state index is 13.3. The molecule has 0 radical (unpaired) electrons. The second kappa shape index (κ2) is 7.85. The van der Waals surface area contributed by atoms with Gasteiger partial charge in [0.1, 0.15) is 0 Å². The predicted molar refractivity (Wildman–Crippen MR) is 117 cm³/mol. The van der Waals surface area contributed by atoms with E-state index in [0.29, 0.717) is 12.4 Å². The second-order valence-electron chi connectivity index (χ2n) is 9.14. The van der Waals surface area contributed by atoms with Crippen molar-refractivity contribution in [3.05, 3.63) is 77.4 Å². The van der Waals surface area contributed by atoms with Crippen LogP contribution in [0.3, 0.4) is 0 Å². The van der Waals surface area contributed by atoms with E-state index in [1.54, 1.807) is 12.4 Å². The zero-order valence-corrected chi connectivity index (χ0v) is 17.8. The molecule has 31 heavy (non-hydrogen) atoms. The van der Waals surface area contributed by atoms with E-state index in [1.807, 2.05) is 36.5 Å². The van der Waals surface area contributed by atoms with Gasteiger partial charge in [0.2, 0.25) is 0 Å². The zero-order chi connectivity index (χ0) is 21.4. The largest absolute Gasteiger partial charge is 0.363 e. The van der Waals surface area contributed by atoms with Crippen molar-refractivity contribution in [2.45, 2.75) is 45.3 Å². The predicted octanol–water partition coefficient (Wildman–Crippen LogP) is 3.98. The summed E-state index contributed by atoms with van der Waals surface area (Å²) in [5.41, 5.74) is 5.09. The third-order valence-corrected chi connectivity index (χ3v) is 6.16. The lowest BCUT2D eigenvalue weighted by atomic mass is 9.74. The Morgan fingerprint density at radius 3 is 2.77 bits per heavy atom. The summed E-state index contributed by atoms with van der Waals surface area (Å²) >= 11 is 0. The van der Waals surface area contributed by atoms with E-state index in [1.165, 1.54) is 5.56 Å². The highest BCUT2D eigenvalue weighted by Crippen LogP contribution is 2.41. The third-order valence-electron chi connectivity index (χ3n) is 6.16. The van der Waals surface area contributed by atoms with Crippen LogP contribution in [0.15, 0.2) is 55.0 Å². The van der Waals surface area contributed by atoms with Crippen LogP contribution in [0.25, 0.3) is 11.4 Å². The molecule has 5 rings (SSSR count). The van der Waals surface area contributed by atoms with Crippen molar-refractivity contribution in [3.8, 4) is 11.4 Å². The summed E-state index contributed by atoms with van der Waals surface area (Å²) in [5, 5.41) is 3.25. The van der Waals surface area contributed by atoms with Gasteiger partial charge in [-0.2, -0.15) is 0 Å². The number of aromatic nitrogens is 3. The van der Waals surface area contributed by atoms with Crippen LogP contribution in [0.2, 0.25) is 0 Å². The number of hydrogen-bond acceptors (Lipinski definition) is 5. The molecule has 0 bridgehead atoms. The lowest BCUT2D eigenvalue weighted by molar-refractivity contribution is -0.135. The van der Waals surface area contributed by atoms with Crippen molar-refractivity contribution in [3.63, 3.8) is 0 Å². The summed E-state index contributed by atoms with van der Waals surface area (Å²) in [6.45, 7) is 4.99. The number of nitrogens with one attached hydrogen (secondary N) is 1. The van der Waals surface area contributed by atoms with Gasteiger partial charge in [0.15, 0.2) is 11.9 Å². The Bertz CT molecular complexity index is 1110. The fraction of sp³-hybridized carbons (Fsp3) is 0.360. The molecule has 6 heteroatoms. The Balaban J connectivity index is 1.44. The molecule has 1 amide bonds. The number of carbonyl (C=O) groups is 1. The first-order valence-corrected chi connectivity index (χ1v) is 10.8. The Morgan fingerprint density at radius 1 is 1.13 bits per heavy atom. The minimum Gasteiger partial charge on any atom is -0.363 e. The van der Waals surface area contributed by atoms with Gasteiger partial charge in [-0.3, -0.25) is 9.78 Å². The fourth-order valence-electron chi connectivity index (χ4n) is 4.67. The quantitative estimate of drug-likeness (QED) is 0.701. The summed E-state index contributed by atoms with van der Waals surface area (Å²) in [4.78, 5) is 26.8. The number of rotatable bonds is 3. The molecule has 1 aliphatic heterocycles. The monoisotopic (exact) mass is 414 g/mol. The fourth-order valence-corrected chi connectivity index (χ4v) is 4.67. The van der Waals surface area contributed by atoms with Crippen LogP contribution in [0.1, 0.15) is 54.8 Å². The van der Waals surface area contributed by atoms with Crippen molar-refractivity contribution >= 4 is 5.91 Å². The number of amides is 1. The Kier molecular flexibility index (Phi) is 5.02. The number of pyridine rings is 1. The standard InChI is InChI=1S/C25H26N4O2/c1-25(2)13-20-19(15-27-23(28-20)17-7-10-26-11-8-17)21(14-25)29-24(30)22-18-6-4-3-5-16(18)9-12-31-22/h3-8,10-11,15,21-22H,9,12-14H2,1-2H3,(H,29,30)/t21-,22+/m1/s1. The number of fused-ring (bicyclic) bond motifs is 2. The average molecular weight is 415 g/mol. The minimum atomic E-state index is -0.574. The zero-order valence-electron chi connectivity index (χ0n) is 17.8. The maximum Gasteiger partial charge on any atom is 0.254 e. The van der Waals surface area contributed by atoms with Gasteiger partial charge in [0.25, 0.3) is 5.91 Å². The molecule has 0 saturated heterocycles. The number of benzene rings is 1. The molecule has 3 heterocycles. The minimum absolute atomic E-state index is 0.0140. The van der Waals surface area contributed by atoms with Crippen LogP contribution in [0.5, 0.6) is 0 Å². The van der Waals surface area contributed by atoms with Crippen LogP contribution in [0.4, 0.5) is 0 Å². The van der Waals surface area contributed by atoms with E-state index >= 15 is 0 Å². The van der Waals surface area contributed by atoms with E-state index in [-0.39, 0.29) is 17.4 Å². The van der Waals surface area contributed by atoms with Gasteiger partial charge in [0, 0.05) is 29.7 Å². The van der Waals surface area contributed by atoms with Crippen molar-refractivity contribution < 1.29 is 9.53 Å². The van der Waals surface area contributed by atoms with Crippen molar-refractivity contribution in [1.82, 2.24) is 20.3 Å². The first-order valence-electron chi connectivity index (χ1n) is 10.8. The van der Waals surface area contributed by atoms with Crippen LogP contribution in [-0.2, 0) is 22.4 Å². The number of nitrogens with zero attached hydrogens (tertiary/aromatic N) is 3. The van der Waals surface area contributed by atoms with E-state index in [4.69, 9.17) is 9.72 Å². The van der Waals surface area contributed by atoms with E-state index in [9.17, 15) is 4.79 Å². The van der Waals surface area contributed by atoms with Gasteiger partial charge >= 0.3 is 0 Å². The highest BCUT2D eigenvalue weighted by Gasteiger charge is 2.36. The average Bonchev–Trinajstić information content (AvgIpc) is 2.78. The topological polar surface area (TPSA) is 77.0 Å². The van der Waals surface area contributed by atoms with E-state index in [0.717, 1.165) is 41.6 Å².